The first-order valence-corrected chi connectivity index (χ1v) is 1.38. The van der Waals surface area contributed by atoms with Crippen LogP contribution in [-0.2, 0) is 16.5 Å². The summed E-state index contributed by atoms with van der Waals surface area (Å²) in [5.74, 6) is 0.176. The predicted octanol–water partition coefficient (Wildman–Crippen LogP) is -1.22. The van der Waals surface area contributed by atoms with E-state index in [-0.39, 0.29) is 22.4 Å². The van der Waals surface area contributed by atoms with Crippen LogP contribution in [0.25, 0.3) is 0 Å². The van der Waals surface area contributed by atoms with Gasteiger partial charge in [0.2, 0.25) is 0 Å². The Morgan fingerprint density at radius 1 is 1.57 bits per heavy atom. The quantitative estimate of drug-likeness (QED) is 0.447. The Morgan fingerprint density at radius 3 is 2.43 bits per heavy atom. The molecule has 0 spiro atoms. The number of rotatable bonds is 0. The fraction of sp³-hybridized carbons (Fsp3) is 0. The molecule has 0 saturated heterocycles. The van der Waals surface area contributed by atoms with Gasteiger partial charge in [-0.2, -0.15) is 5.21 Å². The number of aromatic amines is 1. The maximum Gasteiger partial charge on any atom is 0.260 e. The van der Waals surface area contributed by atoms with E-state index >= 15 is 0 Å². The van der Waals surface area contributed by atoms with Crippen molar-refractivity contribution < 1.29 is 16.5 Å². The fourth-order valence-electron chi connectivity index (χ4n) is 0.170. The Hall–Kier alpha value is -0.636. The molecule has 1 heterocycles. The smallest absolute Gasteiger partial charge is 0.260 e. The summed E-state index contributed by atoms with van der Waals surface area (Å²) >= 11 is 0. The molecule has 0 fully saturated rings. The fourth-order valence-corrected chi connectivity index (χ4v) is 0.170. The third-order valence-electron chi connectivity index (χ3n) is 0.362. The molecule has 0 atom stereocenters. The molecule has 0 bridgehead atoms. The van der Waals surface area contributed by atoms with Crippen molar-refractivity contribution in [2.45, 2.75) is 0 Å². The number of hydrogen-bond acceptors (Lipinski definition) is 4. The van der Waals surface area contributed by atoms with E-state index in [1.807, 2.05) is 0 Å². The van der Waals surface area contributed by atoms with Gasteiger partial charge < -0.3 is 5.73 Å². The van der Waals surface area contributed by atoms with Crippen molar-refractivity contribution >= 4 is 5.95 Å². The zero-order valence-corrected chi connectivity index (χ0v) is 4.22. The molecule has 5 nitrogen and oxygen atoms in total. The second kappa shape index (κ2) is 2.52. The van der Waals surface area contributed by atoms with E-state index in [0.29, 0.717) is 0 Å². The summed E-state index contributed by atoms with van der Waals surface area (Å²) < 4.78 is 0. The van der Waals surface area contributed by atoms with Crippen LogP contribution in [0.1, 0.15) is 0 Å². The second-order valence-electron chi connectivity index (χ2n) is 0.770. The molecular formula is CH3N5Ni. The number of nitrogens with zero attached hydrogens (tertiary/aromatic N) is 3. The van der Waals surface area contributed by atoms with E-state index in [0.717, 1.165) is 0 Å². The first kappa shape index (κ1) is 6.36. The minimum Gasteiger partial charge on any atom is -0.365 e. The summed E-state index contributed by atoms with van der Waals surface area (Å²) in [7, 11) is 0. The van der Waals surface area contributed by atoms with Gasteiger partial charge in [0, 0.05) is 16.5 Å². The van der Waals surface area contributed by atoms with E-state index in [9.17, 15) is 0 Å². The summed E-state index contributed by atoms with van der Waals surface area (Å²) in [6, 6.07) is 0. The Labute approximate surface area is 49.6 Å². The summed E-state index contributed by atoms with van der Waals surface area (Å²) in [5.41, 5.74) is 4.96. The molecule has 0 radical (unpaired) electrons. The number of aromatic nitrogens is 4. The molecule has 7 heavy (non-hydrogen) atoms. The first-order chi connectivity index (χ1) is 2.89. The van der Waals surface area contributed by atoms with Gasteiger partial charge in [0.15, 0.2) is 0 Å². The maximum atomic E-state index is 4.96. The number of anilines is 1. The third-order valence-corrected chi connectivity index (χ3v) is 0.362. The third kappa shape index (κ3) is 1.50. The van der Waals surface area contributed by atoms with Gasteiger partial charge in [-0.25, -0.2) is 0 Å². The molecule has 0 amide bonds. The van der Waals surface area contributed by atoms with Crippen molar-refractivity contribution in [1.29, 1.82) is 0 Å². The number of H-pyrrole nitrogens is 1. The molecule has 1 rings (SSSR count). The number of nitrogen functional groups attached to an aromatic ring is 1. The molecule has 0 saturated carbocycles. The van der Waals surface area contributed by atoms with Gasteiger partial charge in [0.05, 0.1) is 0 Å². The minimum atomic E-state index is 0. The molecular weight excluding hydrogens is 141 g/mol. The molecule has 0 aliphatic heterocycles. The van der Waals surface area contributed by atoms with E-state index in [1.54, 1.807) is 0 Å². The average molecular weight is 144 g/mol. The monoisotopic (exact) mass is 143 g/mol. The zero-order chi connectivity index (χ0) is 4.41. The summed E-state index contributed by atoms with van der Waals surface area (Å²) in [6.07, 6.45) is 0. The van der Waals surface area contributed by atoms with Crippen molar-refractivity contribution in [3.05, 3.63) is 0 Å². The van der Waals surface area contributed by atoms with Crippen LogP contribution in [0.2, 0.25) is 0 Å². The van der Waals surface area contributed by atoms with Crippen LogP contribution in [0.4, 0.5) is 5.95 Å². The maximum absolute atomic E-state index is 4.96. The van der Waals surface area contributed by atoms with Crippen molar-refractivity contribution in [3.8, 4) is 0 Å². The molecule has 0 aliphatic rings. The Kier molecular flexibility index (Phi) is 2.29. The standard InChI is InChI=1S/CH3N5.Ni/c2-1-3-5-6-4-1;/h(H3,2,3,4,5,6);. The van der Waals surface area contributed by atoms with Crippen LogP contribution in [0.3, 0.4) is 0 Å². The molecule has 6 heteroatoms. The van der Waals surface area contributed by atoms with Crippen molar-refractivity contribution in [1.82, 2.24) is 20.6 Å². The number of tetrazole rings is 1. The van der Waals surface area contributed by atoms with Gasteiger partial charge in [-0.15, -0.1) is 5.10 Å². The van der Waals surface area contributed by atoms with Gasteiger partial charge in [-0.05, 0) is 5.21 Å². The molecule has 3 N–H and O–H groups in total. The Morgan fingerprint density at radius 2 is 2.29 bits per heavy atom. The minimum absolute atomic E-state index is 0. The van der Waals surface area contributed by atoms with Crippen LogP contribution in [0.15, 0.2) is 0 Å². The van der Waals surface area contributed by atoms with Crippen LogP contribution >= 0.6 is 0 Å². The van der Waals surface area contributed by atoms with Gasteiger partial charge in [-0.1, -0.05) is 5.10 Å². The molecule has 0 aliphatic carbocycles. The van der Waals surface area contributed by atoms with Crippen molar-refractivity contribution in [2.24, 2.45) is 0 Å². The van der Waals surface area contributed by atoms with Crippen molar-refractivity contribution in [2.75, 3.05) is 5.73 Å². The van der Waals surface area contributed by atoms with Gasteiger partial charge >= 0.3 is 0 Å². The number of hydrogen-bond donors (Lipinski definition) is 2. The van der Waals surface area contributed by atoms with E-state index < -0.39 is 0 Å². The molecule has 0 aromatic carbocycles. The molecule has 1 aromatic rings. The molecule has 1 aromatic heterocycles. The second-order valence-corrected chi connectivity index (χ2v) is 0.770. The van der Waals surface area contributed by atoms with Gasteiger partial charge in [0.1, 0.15) is 0 Å². The van der Waals surface area contributed by atoms with E-state index in [4.69, 9.17) is 5.73 Å². The van der Waals surface area contributed by atoms with Gasteiger partial charge in [0.25, 0.3) is 5.95 Å². The Balaban J connectivity index is 0.000000360. The topological polar surface area (TPSA) is 80.5 Å². The Bertz CT molecular complexity index is 112. The summed E-state index contributed by atoms with van der Waals surface area (Å²) in [5, 5.41) is 12.0. The van der Waals surface area contributed by atoms with Crippen LogP contribution in [0, 0.1) is 0 Å². The van der Waals surface area contributed by atoms with Crippen LogP contribution in [0.5, 0.6) is 0 Å². The van der Waals surface area contributed by atoms with Crippen LogP contribution < -0.4 is 5.73 Å². The largest absolute Gasteiger partial charge is 0.365 e. The predicted molar refractivity (Wildman–Crippen MR) is 18.6 cm³/mol. The summed E-state index contributed by atoms with van der Waals surface area (Å²) in [6.45, 7) is 0. The number of nitrogens with two attached hydrogens (primary N) is 1. The van der Waals surface area contributed by atoms with Gasteiger partial charge in [-0.3, -0.25) is 0 Å². The van der Waals surface area contributed by atoms with E-state index in [2.05, 4.69) is 20.6 Å². The first-order valence-electron chi connectivity index (χ1n) is 1.38. The number of nitrogens with one attached hydrogen (secondary N) is 1. The molecule has 42 valence electrons. The SMILES string of the molecule is Nc1nn[nH]n1.[Ni]. The van der Waals surface area contributed by atoms with E-state index in [1.165, 1.54) is 0 Å². The average Bonchev–Trinajstić information content (AvgIpc) is 1.86. The summed E-state index contributed by atoms with van der Waals surface area (Å²) in [4.78, 5) is 0. The molecule has 0 unspecified atom stereocenters. The zero-order valence-electron chi connectivity index (χ0n) is 3.24. The normalized spacial score (nSPS) is 7.43. The van der Waals surface area contributed by atoms with Crippen molar-refractivity contribution in [3.63, 3.8) is 0 Å². The van der Waals surface area contributed by atoms with Crippen LogP contribution in [-0.4, -0.2) is 20.6 Å².